The Morgan fingerprint density at radius 2 is 1.96 bits per heavy atom. The number of carbonyl (C=O) groups is 1. The molecule has 2 aromatic carbocycles. The maximum Gasteiger partial charge on any atom is 0.413 e. The molecule has 0 radical (unpaired) electrons. The van der Waals surface area contributed by atoms with Gasteiger partial charge in [0.25, 0.3) is 0 Å². The van der Waals surface area contributed by atoms with Gasteiger partial charge < -0.3 is 23.7 Å². The number of benzene rings is 2. The third-order valence-electron chi connectivity index (χ3n) is 12.4. The van der Waals surface area contributed by atoms with Crippen LogP contribution in [-0.2, 0) is 32.7 Å². The molecular weight excluding hydrogens is 594 g/mol. The molecule has 9 rings (SSSR count). The van der Waals surface area contributed by atoms with Crippen LogP contribution < -0.4 is 14.8 Å². The van der Waals surface area contributed by atoms with E-state index in [-0.39, 0.29) is 28.7 Å². The van der Waals surface area contributed by atoms with Gasteiger partial charge in [-0.2, -0.15) is 0 Å². The van der Waals surface area contributed by atoms with E-state index in [9.17, 15) is 4.79 Å². The fourth-order valence-corrected chi connectivity index (χ4v) is 10.5. The van der Waals surface area contributed by atoms with Gasteiger partial charge in [-0.3, -0.25) is 15.6 Å². The minimum atomic E-state index is -0.636. The van der Waals surface area contributed by atoms with Gasteiger partial charge in [0.15, 0.2) is 11.5 Å². The van der Waals surface area contributed by atoms with Crippen LogP contribution in [0.4, 0.5) is 4.79 Å². The third kappa shape index (κ3) is 4.66. The van der Waals surface area contributed by atoms with E-state index in [1.165, 1.54) is 30.5 Å². The summed E-state index contributed by atoms with van der Waals surface area (Å²) in [7, 11) is 3.63. The van der Waals surface area contributed by atoms with E-state index in [1.807, 2.05) is 31.4 Å². The first kappa shape index (κ1) is 31.1. The number of carbonyl (C=O) groups excluding carboxylic acids is 1. The predicted molar refractivity (Wildman–Crippen MR) is 177 cm³/mol. The van der Waals surface area contributed by atoms with Crippen molar-refractivity contribution in [1.29, 1.82) is 5.41 Å². The predicted octanol–water partition coefficient (Wildman–Crippen LogP) is 5.99. The summed E-state index contributed by atoms with van der Waals surface area (Å²) in [6.07, 6.45) is 7.37. The monoisotopic (exact) mass is 643 g/mol. The second kappa shape index (κ2) is 10.9. The van der Waals surface area contributed by atoms with E-state index in [0.29, 0.717) is 24.8 Å². The molecule has 9 nitrogen and oxygen atoms in total. The largest absolute Gasteiger partial charge is 0.493 e. The molecule has 2 N–H and O–H groups in total. The van der Waals surface area contributed by atoms with Crippen LogP contribution >= 0.6 is 0 Å². The average Bonchev–Trinajstić information content (AvgIpc) is 3.78. The Kier molecular flexibility index (Phi) is 7.25. The van der Waals surface area contributed by atoms with Crippen molar-refractivity contribution in [3.05, 3.63) is 58.7 Å². The molecule has 1 saturated heterocycles. The number of fused-ring (bicyclic) bond motifs is 2. The normalized spacial score (nSPS) is 33.2. The number of likely N-dealkylation sites (tertiary alicyclic amines) is 1. The lowest BCUT2D eigenvalue weighted by Gasteiger charge is -2.74. The highest BCUT2D eigenvalue weighted by molar-refractivity contribution is 6.04. The zero-order valence-electron chi connectivity index (χ0n) is 28.4. The van der Waals surface area contributed by atoms with Gasteiger partial charge in [0.05, 0.1) is 20.3 Å². The number of hydrogen-bond acceptors (Lipinski definition) is 8. The number of piperidine rings is 1. The first-order valence-electron chi connectivity index (χ1n) is 17.5. The van der Waals surface area contributed by atoms with E-state index < -0.39 is 17.3 Å². The summed E-state index contributed by atoms with van der Waals surface area (Å²) < 4.78 is 31.6. The number of ether oxygens (including phenoxy) is 5. The molecule has 2 aliphatic heterocycles. The molecular formula is C38H49N3O6. The third-order valence-corrected chi connectivity index (χ3v) is 12.4. The Labute approximate surface area is 278 Å². The molecule has 252 valence electrons. The number of methoxy groups -OCH3 is 2. The SMILES string of the molecule is COc1ccc2c3c1O[C@H]1[C@@]4(OC)CC[C@@]5(C[C@@H]4COCc4cccc(C(=N)NC(=O)OC(C)(C)C)c4)[C@@H](C2)N(CC2CC2)CC[C@]315. The topological polar surface area (TPSA) is 102 Å². The molecule has 4 bridgehead atoms. The lowest BCUT2D eigenvalue weighted by atomic mass is 9.35. The van der Waals surface area contributed by atoms with Gasteiger partial charge in [0, 0.05) is 47.6 Å². The van der Waals surface area contributed by atoms with Gasteiger partial charge >= 0.3 is 6.09 Å². The van der Waals surface area contributed by atoms with E-state index in [0.717, 1.165) is 61.6 Å². The minimum Gasteiger partial charge on any atom is -0.493 e. The van der Waals surface area contributed by atoms with Crippen molar-refractivity contribution >= 4 is 11.9 Å². The number of rotatable bonds is 9. The zero-order valence-corrected chi connectivity index (χ0v) is 28.4. The van der Waals surface area contributed by atoms with Gasteiger partial charge in [-0.25, -0.2) is 4.79 Å². The van der Waals surface area contributed by atoms with Crippen molar-refractivity contribution in [2.24, 2.45) is 17.3 Å². The Bertz CT molecular complexity index is 1600. The molecule has 5 fully saturated rings. The molecule has 0 aromatic heterocycles. The van der Waals surface area contributed by atoms with Crippen molar-refractivity contribution in [1.82, 2.24) is 10.2 Å². The summed E-state index contributed by atoms with van der Waals surface area (Å²) in [6.45, 7) is 8.72. The second-order valence-electron chi connectivity index (χ2n) is 15.9. The van der Waals surface area contributed by atoms with Crippen molar-refractivity contribution in [3.63, 3.8) is 0 Å². The smallest absolute Gasteiger partial charge is 0.413 e. The van der Waals surface area contributed by atoms with Crippen LogP contribution in [0.5, 0.6) is 11.5 Å². The lowest BCUT2D eigenvalue weighted by molar-refractivity contribution is -0.283. The van der Waals surface area contributed by atoms with Gasteiger partial charge in [0.1, 0.15) is 23.1 Å². The molecule has 4 saturated carbocycles. The molecule has 47 heavy (non-hydrogen) atoms. The number of amides is 1. The fraction of sp³-hybridized carbons (Fsp3) is 0.632. The van der Waals surface area contributed by atoms with Gasteiger partial charge in [-0.1, -0.05) is 24.3 Å². The molecule has 7 aliphatic rings. The molecule has 0 unspecified atom stereocenters. The van der Waals surface area contributed by atoms with Crippen LogP contribution in [0.25, 0.3) is 0 Å². The van der Waals surface area contributed by atoms with Gasteiger partial charge in [-0.05, 0) is 101 Å². The van der Waals surface area contributed by atoms with Crippen LogP contribution in [0.2, 0.25) is 0 Å². The first-order valence-corrected chi connectivity index (χ1v) is 17.5. The fourth-order valence-electron chi connectivity index (χ4n) is 10.5. The molecule has 2 heterocycles. The molecule has 1 amide bonds. The standard InChI is InChI=1S/C38H49N3O6/c1-35(2,3)47-34(42)40-32(39)26-8-6-7-24(17-26)21-45-22-27-19-36-13-14-38(27,44-5)33-37(36)15-16-41(20-23-9-10-23)29(36)18-25-11-12-28(43-4)31(46-33)30(25)37/h6-8,11-12,17,23,27,29,33H,9-10,13-16,18-22H2,1-5H3,(H2,39,40,42)/t27-,29-,33-,36-,37+,38-/m1/s1. The zero-order chi connectivity index (χ0) is 32.8. The molecule has 5 aliphatic carbocycles. The Balaban J connectivity index is 1.05. The number of nitrogens with zero attached hydrogens (tertiary/aromatic N) is 1. The highest BCUT2D eigenvalue weighted by Crippen LogP contribution is 2.76. The lowest BCUT2D eigenvalue weighted by Crippen LogP contribution is -2.81. The molecule has 2 spiro atoms. The van der Waals surface area contributed by atoms with Crippen LogP contribution in [-0.4, -0.2) is 74.1 Å². The van der Waals surface area contributed by atoms with Crippen LogP contribution in [0.3, 0.4) is 0 Å². The summed E-state index contributed by atoms with van der Waals surface area (Å²) in [5.41, 5.74) is 3.36. The van der Waals surface area contributed by atoms with E-state index in [1.54, 1.807) is 27.9 Å². The number of hydrogen-bond donors (Lipinski definition) is 2. The maximum absolute atomic E-state index is 12.3. The molecule has 2 aromatic rings. The highest BCUT2D eigenvalue weighted by Gasteiger charge is 2.80. The van der Waals surface area contributed by atoms with E-state index in [4.69, 9.17) is 29.1 Å². The Hall–Kier alpha value is -3.14. The maximum atomic E-state index is 12.3. The van der Waals surface area contributed by atoms with Crippen molar-refractivity contribution in [2.45, 2.75) is 101 Å². The van der Waals surface area contributed by atoms with Crippen LogP contribution in [0.1, 0.15) is 81.5 Å². The van der Waals surface area contributed by atoms with Gasteiger partial charge in [0.2, 0.25) is 0 Å². The quantitative estimate of drug-likeness (QED) is 0.256. The number of amidine groups is 1. The number of nitrogens with one attached hydrogen (secondary N) is 2. The Morgan fingerprint density at radius 3 is 2.70 bits per heavy atom. The van der Waals surface area contributed by atoms with Crippen molar-refractivity contribution in [2.75, 3.05) is 33.9 Å². The van der Waals surface area contributed by atoms with Gasteiger partial charge in [-0.15, -0.1) is 0 Å². The minimum absolute atomic E-state index is 0.000704. The number of alkyl carbamates (subject to hydrolysis) is 1. The average molecular weight is 644 g/mol. The molecule has 9 heteroatoms. The van der Waals surface area contributed by atoms with Crippen LogP contribution in [0, 0.1) is 22.7 Å². The summed E-state index contributed by atoms with van der Waals surface area (Å²) in [6, 6.07) is 12.5. The molecule has 6 atom stereocenters. The first-order chi connectivity index (χ1) is 22.5. The second-order valence-corrected chi connectivity index (χ2v) is 15.9. The van der Waals surface area contributed by atoms with E-state index >= 15 is 0 Å². The summed E-state index contributed by atoms with van der Waals surface area (Å²) in [4.78, 5) is 15.1. The van der Waals surface area contributed by atoms with Crippen molar-refractivity contribution < 1.29 is 28.5 Å². The highest BCUT2D eigenvalue weighted by atomic mass is 16.6. The Morgan fingerprint density at radius 1 is 1.13 bits per heavy atom. The van der Waals surface area contributed by atoms with Crippen LogP contribution in [0.15, 0.2) is 36.4 Å². The van der Waals surface area contributed by atoms with E-state index in [2.05, 4.69) is 22.3 Å². The summed E-state index contributed by atoms with van der Waals surface area (Å²) >= 11 is 0. The van der Waals surface area contributed by atoms with Crippen molar-refractivity contribution in [3.8, 4) is 11.5 Å². The summed E-state index contributed by atoms with van der Waals surface area (Å²) in [5, 5.41) is 11.0. The summed E-state index contributed by atoms with van der Waals surface area (Å²) in [5.74, 6) is 2.83.